The molecule has 0 aliphatic carbocycles. The Morgan fingerprint density at radius 1 is 1.24 bits per heavy atom. The third-order valence-electron chi connectivity index (χ3n) is 3.39. The van der Waals surface area contributed by atoms with E-state index in [1.807, 2.05) is 43.3 Å². The predicted octanol–water partition coefficient (Wildman–Crippen LogP) is 2.93. The summed E-state index contributed by atoms with van der Waals surface area (Å²) in [5.41, 5.74) is 1.36. The van der Waals surface area contributed by atoms with Gasteiger partial charge < -0.3 is 13.8 Å². The van der Waals surface area contributed by atoms with E-state index in [9.17, 15) is 4.79 Å². The van der Waals surface area contributed by atoms with E-state index in [-0.39, 0.29) is 12.3 Å². The predicted molar refractivity (Wildman–Crippen MR) is 77.6 cm³/mol. The summed E-state index contributed by atoms with van der Waals surface area (Å²) < 4.78 is 10.7. The average Bonchev–Trinajstić information content (AvgIpc) is 3.06. The van der Waals surface area contributed by atoms with Crippen molar-refractivity contribution >= 4 is 16.9 Å². The summed E-state index contributed by atoms with van der Waals surface area (Å²) in [4.78, 5) is 13.9. The molecule has 0 saturated carbocycles. The molecule has 2 heterocycles. The Hall–Kier alpha value is -2.56. The maximum atomic E-state index is 12.3. The van der Waals surface area contributed by atoms with Crippen molar-refractivity contribution in [1.29, 1.82) is 0 Å². The number of furan rings is 1. The Kier molecular flexibility index (Phi) is 3.48. The zero-order chi connectivity index (χ0) is 14.8. The lowest BCUT2D eigenvalue weighted by molar-refractivity contribution is -0.130. The molecule has 3 rings (SSSR count). The molecule has 2 aromatic heterocycles. The van der Waals surface area contributed by atoms with Gasteiger partial charge in [0.1, 0.15) is 17.2 Å². The minimum absolute atomic E-state index is 0.0249. The van der Waals surface area contributed by atoms with Crippen LogP contribution in [0.5, 0.6) is 0 Å². The fraction of sp³-hybridized carbons (Fsp3) is 0.250. The quantitative estimate of drug-likeness (QED) is 0.739. The third kappa shape index (κ3) is 2.81. The molecule has 1 amide bonds. The number of para-hydroxylation sites is 1. The SMILES string of the molecule is Cc1ccc(CN(C)C(=O)Cc2noc3ccccc23)o1. The van der Waals surface area contributed by atoms with E-state index in [4.69, 9.17) is 8.94 Å². The molecule has 0 unspecified atom stereocenters. The van der Waals surface area contributed by atoms with Gasteiger partial charge in [0.05, 0.1) is 13.0 Å². The first kappa shape index (κ1) is 13.4. The van der Waals surface area contributed by atoms with Gasteiger partial charge in [-0.3, -0.25) is 4.79 Å². The van der Waals surface area contributed by atoms with Crippen LogP contribution in [0.15, 0.2) is 45.3 Å². The number of carbonyl (C=O) groups excluding carboxylic acids is 1. The second kappa shape index (κ2) is 5.44. The fourth-order valence-electron chi connectivity index (χ4n) is 2.24. The summed E-state index contributed by atoms with van der Waals surface area (Å²) >= 11 is 0. The Morgan fingerprint density at radius 2 is 2.05 bits per heavy atom. The summed E-state index contributed by atoms with van der Waals surface area (Å²) in [5, 5.41) is 4.87. The second-order valence-electron chi connectivity index (χ2n) is 5.06. The number of aromatic nitrogens is 1. The maximum Gasteiger partial charge on any atom is 0.228 e. The van der Waals surface area contributed by atoms with Crippen molar-refractivity contribution in [2.75, 3.05) is 7.05 Å². The fourth-order valence-corrected chi connectivity index (χ4v) is 2.24. The van der Waals surface area contributed by atoms with Crippen LogP contribution in [0.4, 0.5) is 0 Å². The van der Waals surface area contributed by atoms with Crippen molar-refractivity contribution in [1.82, 2.24) is 10.1 Å². The van der Waals surface area contributed by atoms with E-state index in [0.29, 0.717) is 17.8 Å². The van der Waals surface area contributed by atoms with Crippen LogP contribution in [-0.4, -0.2) is 23.0 Å². The Labute approximate surface area is 122 Å². The molecule has 0 fully saturated rings. The molecule has 0 N–H and O–H groups in total. The van der Waals surface area contributed by atoms with Gasteiger partial charge in [-0.2, -0.15) is 0 Å². The number of amides is 1. The highest BCUT2D eigenvalue weighted by atomic mass is 16.5. The second-order valence-corrected chi connectivity index (χ2v) is 5.06. The molecule has 21 heavy (non-hydrogen) atoms. The van der Waals surface area contributed by atoms with Gasteiger partial charge >= 0.3 is 0 Å². The maximum absolute atomic E-state index is 12.3. The number of nitrogens with zero attached hydrogens (tertiary/aromatic N) is 2. The van der Waals surface area contributed by atoms with Gasteiger partial charge in [-0.15, -0.1) is 0 Å². The highest BCUT2D eigenvalue weighted by molar-refractivity contribution is 5.86. The number of fused-ring (bicyclic) bond motifs is 1. The van der Waals surface area contributed by atoms with Crippen molar-refractivity contribution in [3.05, 3.63) is 53.6 Å². The molecule has 1 aromatic carbocycles. The summed E-state index contributed by atoms with van der Waals surface area (Å²) in [6, 6.07) is 11.3. The highest BCUT2D eigenvalue weighted by Crippen LogP contribution is 2.19. The van der Waals surface area contributed by atoms with E-state index in [1.165, 1.54) is 0 Å². The first-order valence-electron chi connectivity index (χ1n) is 6.76. The van der Waals surface area contributed by atoms with Gasteiger partial charge in [-0.05, 0) is 31.2 Å². The number of carbonyl (C=O) groups is 1. The number of aryl methyl sites for hydroxylation is 1. The van der Waals surface area contributed by atoms with Gasteiger partial charge in [0.25, 0.3) is 0 Å². The first-order chi connectivity index (χ1) is 10.1. The summed E-state index contributed by atoms with van der Waals surface area (Å²) in [5.74, 6) is 1.59. The molecule has 3 aromatic rings. The van der Waals surface area contributed by atoms with Crippen LogP contribution in [0.2, 0.25) is 0 Å². The van der Waals surface area contributed by atoms with Crippen LogP contribution in [-0.2, 0) is 17.8 Å². The first-order valence-corrected chi connectivity index (χ1v) is 6.76. The number of hydrogen-bond acceptors (Lipinski definition) is 4. The molecule has 0 aliphatic rings. The van der Waals surface area contributed by atoms with Crippen molar-refractivity contribution in [3.8, 4) is 0 Å². The van der Waals surface area contributed by atoms with Crippen molar-refractivity contribution in [2.24, 2.45) is 0 Å². The molecule has 108 valence electrons. The lowest BCUT2D eigenvalue weighted by atomic mass is 10.1. The van der Waals surface area contributed by atoms with Gasteiger partial charge in [-0.25, -0.2) is 0 Å². The number of benzene rings is 1. The smallest absolute Gasteiger partial charge is 0.228 e. The van der Waals surface area contributed by atoms with E-state index < -0.39 is 0 Å². The van der Waals surface area contributed by atoms with Crippen molar-refractivity contribution in [2.45, 2.75) is 19.9 Å². The Bertz CT molecular complexity index is 773. The monoisotopic (exact) mass is 284 g/mol. The zero-order valence-electron chi connectivity index (χ0n) is 12.0. The summed E-state index contributed by atoms with van der Waals surface area (Å²) in [6.45, 7) is 2.33. The molecule has 0 bridgehead atoms. The van der Waals surface area contributed by atoms with Crippen LogP contribution in [0.3, 0.4) is 0 Å². The minimum atomic E-state index is -0.0249. The molecular weight excluding hydrogens is 268 g/mol. The van der Waals surface area contributed by atoms with Crippen LogP contribution >= 0.6 is 0 Å². The molecule has 0 spiro atoms. The average molecular weight is 284 g/mol. The molecule has 5 heteroatoms. The van der Waals surface area contributed by atoms with E-state index in [2.05, 4.69) is 5.16 Å². The molecule has 0 aliphatic heterocycles. The van der Waals surface area contributed by atoms with Crippen LogP contribution in [0.1, 0.15) is 17.2 Å². The summed E-state index contributed by atoms with van der Waals surface area (Å²) in [7, 11) is 1.75. The lowest BCUT2D eigenvalue weighted by Gasteiger charge is -2.14. The number of rotatable bonds is 4. The van der Waals surface area contributed by atoms with E-state index in [1.54, 1.807) is 11.9 Å². The third-order valence-corrected chi connectivity index (χ3v) is 3.39. The van der Waals surface area contributed by atoms with Crippen LogP contribution in [0.25, 0.3) is 11.0 Å². The van der Waals surface area contributed by atoms with Gasteiger partial charge in [0.2, 0.25) is 5.91 Å². The van der Waals surface area contributed by atoms with Gasteiger partial charge in [0.15, 0.2) is 5.58 Å². The Morgan fingerprint density at radius 3 is 2.81 bits per heavy atom. The van der Waals surface area contributed by atoms with E-state index in [0.717, 1.165) is 16.9 Å². The number of hydrogen-bond donors (Lipinski definition) is 0. The Balaban J connectivity index is 1.70. The van der Waals surface area contributed by atoms with Crippen LogP contribution < -0.4 is 0 Å². The summed E-state index contributed by atoms with van der Waals surface area (Å²) in [6.07, 6.45) is 0.215. The molecule has 5 nitrogen and oxygen atoms in total. The van der Waals surface area contributed by atoms with Gasteiger partial charge in [0, 0.05) is 12.4 Å². The molecular formula is C16H16N2O3. The van der Waals surface area contributed by atoms with E-state index >= 15 is 0 Å². The topological polar surface area (TPSA) is 59.5 Å². The highest BCUT2D eigenvalue weighted by Gasteiger charge is 2.16. The lowest BCUT2D eigenvalue weighted by Crippen LogP contribution is -2.27. The molecule has 0 saturated heterocycles. The molecule has 0 radical (unpaired) electrons. The molecule has 0 atom stereocenters. The van der Waals surface area contributed by atoms with Gasteiger partial charge in [-0.1, -0.05) is 17.3 Å². The normalized spacial score (nSPS) is 11.0. The number of likely N-dealkylation sites (N-methyl/N-ethyl adjacent to an activating group) is 1. The van der Waals surface area contributed by atoms with Crippen LogP contribution in [0, 0.1) is 6.92 Å². The largest absolute Gasteiger partial charge is 0.464 e. The van der Waals surface area contributed by atoms with Crippen molar-refractivity contribution < 1.29 is 13.7 Å². The van der Waals surface area contributed by atoms with Crippen molar-refractivity contribution in [3.63, 3.8) is 0 Å². The standard InChI is InChI=1S/C16H16N2O3/c1-11-7-8-12(20-11)10-18(2)16(19)9-14-13-5-3-4-6-15(13)21-17-14/h3-8H,9-10H2,1-2H3. The zero-order valence-corrected chi connectivity index (χ0v) is 12.0. The minimum Gasteiger partial charge on any atom is -0.464 e.